The molecular weight excluding hydrogens is 330 g/mol. The number of amides is 2. The Hall–Kier alpha value is -2.74. The molecule has 2 amide bonds. The van der Waals surface area contributed by atoms with Crippen LogP contribution in [0.25, 0.3) is 0 Å². The molecule has 126 valence electrons. The first-order chi connectivity index (χ1) is 11.5. The third-order valence-electron chi connectivity index (χ3n) is 3.20. The number of carbonyl (C=O) groups is 3. The van der Waals surface area contributed by atoms with Gasteiger partial charge in [0.15, 0.2) is 5.13 Å². The number of thiazole rings is 1. The molecule has 0 radical (unpaired) electrons. The van der Waals surface area contributed by atoms with Crippen LogP contribution in [0.15, 0.2) is 29.6 Å². The molecule has 0 saturated carbocycles. The average Bonchev–Trinajstić information content (AvgIpc) is 3.00. The number of hydrogen-bond donors (Lipinski definition) is 3. The molecule has 8 heteroatoms. The Morgan fingerprint density at radius 2 is 1.96 bits per heavy atom. The van der Waals surface area contributed by atoms with Gasteiger partial charge in [-0.1, -0.05) is 18.2 Å². The van der Waals surface area contributed by atoms with Gasteiger partial charge in [0.2, 0.25) is 0 Å². The number of aryl methyl sites for hydroxylation is 1. The summed E-state index contributed by atoms with van der Waals surface area (Å²) in [6.07, 6.45) is 0.344. The minimum Gasteiger partial charge on any atom is -0.481 e. The van der Waals surface area contributed by atoms with Crippen molar-refractivity contribution in [2.45, 2.75) is 19.8 Å². The Kier molecular flexibility index (Phi) is 6.02. The molecule has 0 bridgehead atoms. The first kappa shape index (κ1) is 17.6. The number of aromatic nitrogens is 1. The second-order valence-corrected chi connectivity index (χ2v) is 5.92. The molecule has 1 aromatic heterocycles. The van der Waals surface area contributed by atoms with E-state index in [0.29, 0.717) is 17.1 Å². The second-order valence-electron chi connectivity index (χ2n) is 5.06. The topological polar surface area (TPSA) is 108 Å². The minimum absolute atomic E-state index is 0.00488. The zero-order chi connectivity index (χ0) is 17.5. The van der Waals surface area contributed by atoms with Gasteiger partial charge in [-0.2, -0.15) is 0 Å². The number of carboxylic acid groups (broad SMARTS) is 1. The van der Waals surface area contributed by atoms with Crippen LogP contribution in [-0.4, -0.2) is 34.4 Å². The van der Waals surface area contributed by atoms with Gasteiger partial charge in [0, 0.05) is 23.9 Å². The molecule has 24 heavy (non-hydrogen) atoms. The van der Waals surface area contributed by atoms with Gasteiger partial charge in [-0.25, -0.2) is 4.98 Å². The van der Waals surface area contributed by atoms with Gasteiger partial charge in [-0.3, -0.25) is 19.7 Å². The fourth-order valence-corrected chi connectivity index (χ4v) is 2.65. The van der Waals surface area contributed by atoms with Gasteiger partial charge < -0.3 is 10.4 Å². The van der Waals surface area contributed by atoms with Crippen LogP contribution in [0.5, 0.6) is 0 Å². The molecule has 2 rings (SSSR count). The van der Waals surface area contributed by atoms with Gasteiger partial charge in [-0.05, 0) is 25.0 Å². The molecule has 0 atom stereocenters. The van der Waals surface area contributed by atoms with E-state index in [2.05, 4.69) is 15.6 Å². The van der Waals surface area contributed by atoms with Crippen molar-refractivity contribution in [3.05, 3.63) is 46.5 Å². The van der Waals surface area contributed by atoms with Crippen LogP contribution in [0.4, 0.5) is 5.13 Å². The van der Waals surface area contributed by atoms with E-state index in [4.69, 9.17) is 5.11 Å². The molecule has 0 aliphatic carbocycles. The lowest BCUT2D eigenvalue weighted by molar-refractivity contribution is -0.137. The number of hydrogen-bond acceptors (Lipinski definition) is 5. The summed E-state index contributed by atoms with van der Waals surface area (Å²) in [6, 6.07) is 7.18. The van der Waals surface area contributed by atoms with Crippen molar-refractivity contribution >= 4 is 34.3 Å². The first-order valence-electron chi connectivity index (χ1n) is 7.30. The van der Waals surface area contributed by atoms with Gasteiger partial charge in [0.25, 0.3) is 11.8 Å². The van der Waals surface area contributed by atoms with Crippen molar-refractivity contribution in [3.63, 3.8) is 0 Å². The monoisotopic (exact) mass is 347 g/mol. The molecule has 0 aliphatic heterocycles. The number of rotatable bonds is 7. The highest BCUT2D eigenvalue weighted by Gasteiger charge is 2.14. The van der Waals surface area contributed by atoms with E-state index >= 15 is 0 Å². The Balaban J connectivity index is 1.91. The molecule has 2 aromatic rings. The van der Waals surface area contributed by atoms with Crippen LogP contribution in [0, 0.1) is 6.92 Å². The molecule has 7 nitrogen and oxygen atoms in total. The minimum atomic E-state index is -0.904. The summed E-state index contributed by atoms with van der Waals surface area (Å²) < 4.78 is 0. The van der Waals surface area contributed by atoms with E-state index in [1.54, 1.807) is 17.5 Å². The van der Waals surface area contributed by atoms with Gasteiger partial charge in [0.05, 0.1) is 0 Å². The zero-order valence-electron chi connectivity index (χ0n) is 13.0. The predicted octanol–water partition coefficient (Wildman–Crippen LogP) is 2.30. The molecule has 0 aliphatic rings. The zero-order valence-corrected chi connectivity index (χ0v) is 13.9. The van der Waals surface area contributed by atoms with Crippen molar-refractivity contribution in [1.82, 2.24) is 10.3 Å². The highest BCUT2D eigenvalue weighted by atomic mass is 32.1. The maximum atomic E-state index is 12.2. The Bertz CT molecular complexity index is 757. The highest BCUT2D eigenvalue weighted by molar-refractivity contribution is 7.14. The molecule has 1 heterocycles. The van der Waals surface area contributed by atoms with Crippen LogP contribution in [0.2, 0.25) is 0 Å². The summed E-state index contributed by atoms with van der Waals surface area (Å²) in [4.78, 5) is 38.5. The maximum absolute atomic E-state index is 12.2. The summed E-state index contributed by atoms with van der Waals surface area (Å²) in [5, 5.41) is 15.7. The molecular formula is C16H17N3O4S. The molecule has 0 fully saturated rings. The number of nitrogens with one attached hydrogen (secondary N) is 2. The van der Waals surface area contributed by atoms with Gasteiger partial charge >= 0.3 is 5.97 Å². The third-order valence-corrected chi connectivity index (χ3v) is 3.96. The van der Waals surface area contributed by atoms with Crippen molar-refractivity contribution in [2.24, 2.45) is 0 Å². The third kappa shape index (κ3) is 4.88. The summed E-state index contributed by atoms with van der Waals surface area (Å²) in [5.41, 5.74) is 1.59. The standard InChI is InChI=1S/C16H17N3O4S/c1-10-5-2-3-6-11(10)14(22)19-16-18-12(9-24-16)15(23)17-8-4-7-13(20)21/h2-3,5-6,9H,4,7-8H2,1H3,(H,17,23)(H,20,21)(H,18,19,22). The molecule has 3 N–H and O–H groups in total. The number of aliphatic carboxylic acids is 1. The van der Waals surface area contributed by atoms with Crippen LogP contribution in [0.1, 0.15) is 39.3 Å². The van der Waals surface area contributed by atoms with E-state index in [1.165, 1.54) is 0 Å². The Labute approximate surface area is 142 Å². The number of carbonyl (C=O) groups excluding carboxylic acids is 2. The SMILES string of the molecule is Cc1ccccc1C(=O)Nc1nc(C(=O)NCCCC(=O)O)cs1. The lowest BCUT2D eigenvalue weighted by atomic mass is 10.1. The quantitative estimate of drug-likeness (QED) is 0.666. The largest absolute Gasteiger partial charge is 0.481 e. The van der Waals surface area contributed by atoms with Crippen LogP contribution < -0.4 is 10.6 Å². The maximum Gasteiger partial charge on any atom is 0.303 e. The molecule has 0 spiro atoms. The number of benzene rings is 1. The van der Waals surface area contributed by atoms with Crippen LogP contribution >= 0.6 is 11.3 Å². The predicted molar refractivity (Wildman–Crippen MR) is 90.4 cm³/mol. The highest BCUT2D eigenvalue weighted by Crippen LogP contribution is 2.17. The van der Waals surface area contributed by atoms with Crippen molar-refractivity contribution < 1.29 is 19.5 Å². The van der Waals surface area contributed by atoms with Gasteiger partial charge in [0.1, 0.15) is 5.69 Å². The Morgan fingerprint density at radius 1 is 1.21 bits per heavy atom. The normalized spacial score (nSPS) is 10.2. The number of carboxylic acids is 1. The second kappa shape index (κ2) is 8.21. The molecule has 1 aromatic carbocycles. The van der Waals surface area contributed by atoms with E-state index in [0.717, 1.165) is 16.9 Å². The number of nitrogens with zero attached hydrogens (tertiary/aromatic N) is 1. The molecule has 0 unspecified atom stereocenters. The summed E-state index contributed by atoms with van der Waals surface area (Å²) in [6.45, 7) is 2.10. The van der Waals surface area contributed by atoms with E-state index in [9.17, 15) is 14.4 Å². The lowest BCUT2D eigenvalue weighted by Crippen LogP contribution is -2.25. The van der Waals surface area contributed by atoms with Gasteiger partial charge in [-0.15, -0.1) is 11.3 Å². The van der Waals surface area contributed by atoms with Crippen molar-refractivity contribution in [1.29, 1.82) is 0 Å². The first-order valence-corrected chi connectivity index (χ1v) is 8.18. The number of anilines is 1. The van der Waals surface area contributed by atoms with E-state index < -0.39 is 11.9 Å². The fraction of sp³-hybridized carbons (Fsp3) is 0.250. The lowest BCUT2D eigenvalue weighted by Gasteiger charge is -2.04. The summed E-state index contributed by atoms with van der Waals surface area (Å²) in [7, 11) is 0. The van der Waals surface area contributed by atoms with Crippen LogP contribution in [-0.2, 0) is 4.79 Å². The van der Waals surface area contributed by atoms with Crippen LogP contribution in [0.3, 0.4) is 0 Å². The van der Waals surface area contributed by atoms with Crippen molar-refractivity contribution in [2.75, 3.05) is 11.9 Å². The van der Waals surface area contributed by atoms with E-state index in [-0.39, 0.29) is 24.6 Å². The van der Waals surface area contributed by atoms with Crippen molar-refractivity contribution in [3.8, 4) is 0 Å². The summed E-state index contributed by atoms with van der Waals surface area (Å²) in [5.74, 6) is -1.58. The fourth-order valence-electron chi connectivity index (χ4n) is 1.96. The smallest absolute Gasteiger partial charge is 0.303 e. The molecule has 0 saturated heterocycles. The summed E-state index contributed by atoms with van der Waals surface area (Å²) >= 11 is 1.15. The average molecular weight is 347 g/mol. The van der Waals surface area contributed by atoms with E-state index in [1.807, 2.05) is 19.1 Å². The Morgan fingerprint density at radius 3 is 2.67 bits per heavy atom.